The van der Waals surface area contributed by atoms with Gasteiger partial charge >= 0.3 is 0 Å². The van der Waals surface area contributed by atoms with Crippen LogP contribution in [0.25, 0.3) is 10.8 Å². The minimum atomic E-state index is -0.774. The normalized spacial score (nSPS) is 12.6. The summed E-state index contributed by atoms with van der Waals surface area (Å²) in [6, 6.07) is 40.3. The number of para-hydroxylation sites is 2. The summed E-state index contributed by atoms with van der Waals surface area (Å²) in [6.45, 7) is 0.853. The van der Waals surface area contributed by atoms with Crippen molar-refractivity contribution < 1.29 is 19.7 Å². The second-order valence-corrected chi connectivity index (χ2v) is 10.4. The lowest BCUT2D eigenvalue weighted by molar-refractivity contribution is 0.0336. The van der Waals surface area contributed by atoms with E-state index in [1.165, 1.54) is 0 Å². The monoisotopic (exact) mass is 560 g/mol. The molecule has 0 aromatic heterocycles. The van der Waals surface area contributed by atoms with E-state index >= 15 is 0 Å². The van der Waals surface area contributed by atoms with Gasteiger partial charge in [-0.25, -0.2) is 0 Å². The third kappa shape index (κ3) is 7.62. The summed E-state index contributed by atoms with van der Waals surface area (Å²) in [5, 5.41) is 26.5. The van der Waals surface area contributed by atoms with Crippen molar-refractivity contribution in [2.75, 3.05) is 25.1 Å². The number of hydrogen-bond acceptors (Lipinski definition) is 5. The quantitative estimate of drug-likeness (QED) is 0.166. The SMILES string of the molecule is O=C(Nc1ccccc1C[C@@H](CO)N(Cc1ccccc1)C[C@H](O)COc1ccccc1)c1cccc2ccccc12. The number of aliphatic hydroxyl groups is 2. The van der Waals surface area contributed by atoms with Crippen LogP contribution in [-0.4, -0.2) is 52.9 Å². The predicted octanol–water partition coefficient (Wildman–Crippen LogP) is 5.94. The molecule has 0 heterocycles. The van der Waals surface area contributed by atoms with E-state index in [2.05, 4.69) is 10.2 Å². The maximum Gasteiger partial charge on any atom is 0.256 e. The first kappa shape index (κ1) is 29.0. The number of amides is 1. The van der Waals surface area contributed by atoms with Crippen LogP contribution < -0.4 is 10.1 Å². The smallest absolute Gasteiger partial charge is 0.256 e. The third-order valence-corrected chi connectivity index (χ3v) is 7.34. The molecule has 0 spiro atoms. The van der Waals surface area contributed by atoms with E-state index in [1.807, 2.05) is 127 Å². The van der Waals surface area contributed by atoms with Gasteiger partial charge in [0.05, 0.1) is 6.61 Å². The molecule has 0 saturated heterocycles. The number of carbonyl (C=O) groups excluding carboxylic acids is 1. The van der Waals surface area contributed by atoms with Gasteiger partial charge in [0.25, 0.3) is 5.91 Å². The van der Waals surface area contributed by atoms with Crippen molar-refractivity contribution in [1.82, 2.24) is 4.90 Å². The van der Waals surface area contributed by atoms with Gasteiger partial charge in [0.2, 0.25) is 0 Å². The Hall–Kier alpha value is -4.49. The lowest BCUT2D eigenvalue weighted by Crippen LogP contribution is -2.44. The minimum Gasteiger partial charge on any atom is -0.491 e. The molecule has 214 valence electrons. The number of nitrogens with one attached hydrogen (secondary N) is 1. The zero-order chi connectivity index (χ0) is 29.1. The topological polar surface area (TPSA) is 82.0 Å². The second kappa shape index (κ2) is 14.4. The number of aliphatic hydroxyl groups excluding tert-OH is 2. The molecule has 3 N–H and O–H groups in total. The van der Waals surface area contributed by atoms with E-state index in [0.717, 1.165) is 21.9 Å². The average Bonchev–Trinajstić information content (AvgIpc) is 3.03. The van der Waals surface area contributed by atoms with E-state index in [0.29, 0.717) is 36.5 Å². The number of anilines is 1. The Balaban J connectivity index is 1.34. The summed E-state index contributed by atoms with van der Waals surface area (Å²) in [6.07, 6.45) is -0.300. The minimum absolute atomic E-state index is 0.120. The van der Waals surface area contributed by atoms with Gasteiger partial charge in [0.15, 0.2) is 0 Å². The first-order valence-corrected chi connectivity index (χ1v) is 14.2. The van der Waals surface area contributed by atoms with Crippen molar-refractivity contribution in [3.8, 4) is 5.75 Å². The number of hydrogen-bond donors (Lipinski definition) is 3. The number of ether oxygens (including phenoxy) is 1. The molecule has 0 aliphatic rings. The predicted molar refractivity (Wildman–Crippen MR) is 168 cm³/mol. The molecule has 5 aromatic carbocycles. The number of carbonyl (C=O) groups is 1. The number of benzene rings is 5. The summed E-state index contributed by atoms with van der Waals surface area (Å²) < 4.78 is 5.80. The molecule has 0 unspecified atom stereocenters. The van der Waals surface area contributed by atoms with E-state index in [9.17, 15) is 15.0 Å². The largest absolute Gasteiger partial charge is 0.491 e. The molecule has 6 nitrogen and oxygen atoms in total. The van der Waals surface area contributed by atoms with Gasteiger partial charge < -0.3 is 20.3 Å². The number of rotatable bonds is 13. The van der Waals surface area contributed by atoms with Crippen LogP contribution in [0.15, 0.2) is 127 Å². The highest BCUT2D eigenvalue weighted by Gasteiger charge is 2.23. The Labute approximate surface area is 246 Å². The number of nitrogens with zero attached hydrogens (tertiary/aromatic N) is 1. The highest BCUT2D eigenvalue weighted by atomic mass is 16.5. The maximum atomic E-state index is 13.4. The molecule has 42 heavy (non-hydrogen) atoms. The molecule has 1 amide bonds. The fraction of sp³-hybridized carbons (Fsp3) is 0.194. The van der Waals surface area contributed by atoms with Crippen molar-refractivity contribution in [2.24, 2.45) is 0 Å². The van der Waals surface area contributed by atoms with Crippen LogP contribution in [0.2, 0.25) is 0 Å². The zero-order valence-electron chi connectivity index (χ0n) is 23.5. The maximum absolute atomic E-state index is 13.4. The molecule has 0 fully saturated rings. The third-order valence-electron chi connectivity index (χ3n) is 7.34. The van der Waals surface area contributed by atoms with Crippen LogP contribution in [0.3, 0.4) is 0 Å². The number of fused-ring (bicyclic) bond motifs is 1. The first-order valence-electron chi connectivity index (χ1n) is 14.2. The summed E-state index contributed by atoms with van der Waals surface area (Å²) in [5.41, 5.74) is 3.28. The molecular formula is C36H36N2O4. The van der Waals surface area contributed by atoms with Crippen LogP contribution in [0, 0.1) is 0 Å². The standard InChI is InChI=1S/C36H36N2O4/c39-25-30(38(23-27-12-3-1-4-13-27)24-31(40)26-42-32-17-5-2-6-18-32)22-29-15-8-10-21-35(29)37-36(41)34-20-11-16-28-14-7-9-19-33(28)34/h1-21,30-31,39-40H,22-26H2,(H,37,41)/t30-,31-/m0/s1. The Morgan fingerprint density at radius 1 is 0.786 bits per heavy atom. The molecule has 6 heteroatoms. The molecular weight excluding hydrogens is 524 g/mol. The fourth-order valence-corrected chi connectivity index (χ4v) is 5.19. The summed E-state index contributed by atoms with van der Waals surface area (Å²) in [5.74, 6) is 0.509. The highest BCUT2D eigenvalue weighted by Crippen LogP contribution is 2.24. The van der Waals surface area contributed by atoms with Crippen LogP contribution in [0.4, 0.5) is 5.69 Å². The molecule has 5 aromatic rings. The van der Waals surface area contributed by atoms with Crippen molar-refractivity contribution in [1.29, 1.82) is 0 Å². The van der Waals surface area contributed by atoms with Gasteiger partial charge in [0.1, 0.15) is 18.5 Å². The van der Waals surface area contributed by atoms with Gasteiger partial charge in [-0.3, -0.25) is 9.69 Å². The molecule has 0 saturated carbocycles. The molecule has 0 aliphatic carbocycles. The van der Waals surface area contributed by atoms with Crippen LogP contribution in [0.1, 0.15) is 21.5 Å². The van der Waals surface area contributed by atoms with E-state index < -0.39 is 6.10 Å². The Kier molecular flexibility index (Phi) is 9.96. The first-order chi connectivity index (χ1) is 20.6. The molecule has 2 atom stereocenters. The summed E-state index contributed by atoms with van der Waals surface area (Å²) in [7, 11) is 0. The summed E-state index contributed by atoms with van der Waals surface area (Å²) in [4.78, 5) is 15.5. The van der Waals surface area contributed by atoms with Gasteiger partial charge in [-0.15, -0.1) is 0 Å². The van der Waals surface area contributed by atoms with Gasteiger partial charge in [-0.05, 0) is 52.6 Å². The Morgan fingerprint density at radius 3 is 2.24 bits per heavy atom. The van der Waals surface area contributed by atoms with Crippen LogP contribution >= 0.6 is 0 Å². The summed E-state index contributed by atoms with van der Waals surface area (Å²) >= 11 is 0. The molecule has 0 bridgehead atoms. The van der Waals surface area contributed by atoms with Crippen molar-refractivity contribution in [2.45, 2.75) is 25.1 Å². The lowest BCUT2D eigenvalue weighted by atomic mass is 10.0. The second-order valence-electron chi connectivity index (χ2n) is 10.4. The van der Waals surface area contributed by atoms with E-state index in [4.69, 9.17) is 4.74 Å². The van der Waals surface area contributed by atoms with Crippen molar-refractivity contribution in [3.05, 3.63) is 144 Å². The molecule has 0 radical (unpaired) electrons. The van der Waals surface area contributed by atoms with Crippen molar-refractivity contribution >= 4 is 22.4 Å². The highest BCUT2D eigenvalue weighted by molar-refractivity contribution is 6.13. The zero-order valence-corrected chi connectivity index (χ0v) is 23.5. The van der Waals surface area contributed by atoms with E-state index in [1.54, 1.807) is 0 Å². The lowest BCUT2D eigenvalue weighted by Gasteiger charge is -2.33. The Morgan fingerprint density at radius 2 is 1.45 bits per heavy atom. The Bertz CT molecular complexity index is 1570. The van der Waals surface area contributed by atoms with Gasteiger partial charge in [-0.2, -0.15) is 0 Å². The molecule has 5 rings (SSSR count). The molecule has 0 aliphatic heterocycles. The van der Waals surface area contributed by atoms with Gasteiger partial charge in [-0.1, -0.05) is 103 Å². The van der Waals surface area contributed by atoms with Crippen molar-refractivity contribution in [3.63, 3.8) is 0 Å². The fourth-order valence-electron chi connectivity index (χ4n) is 5.19. The van der Waals surface area contributed by atoms with Crippen LogP contribution in [0.5, 0.6) is 5.75 Å². The average molecular weight is 561 g/mol. The van der Waals surface area contributed by atoms with Gasteiger partial charge in [0, 0.05) is 30.4 Å². The van der Waals surface area contributed by atoms with E-state index in [-0.39, 0.29) is 25.2 Å². The van der Waals surface area contributed by atoms with Crippen LogP contribution in [-0.2, 0) is 13.0 Å².